The van der Waals surface area contributed by atoms with Gasteiger partial charge >= 0.3 is 0 Å². The van der Waals surface area contributed by atoms with Crippen LogP contribution in [0.3, 0.4) is 0 Å². The molecule has 2 rings (SSSR count). The molecule has 1 saturated heterocycles. The molecule has 1 heterocycles. The predicted molar refractivity (Wildman–Crippen MR) is 69.8 cm³/mol. The number of nitrogen functional groups attached to an aromatic ring is 1. The van der Waals surface area contributed by atoms with Gasteiger partial charge < -0.3 is 15.5 Å². The van der Waals surface area contributed by atoms with Crippen LogP contribution in [-0.4, -0.2) is 38.1 Å². The van der Waals surface area contributed by atoms with Crippen LogP contribution < -0.4 is 10.6 Å². The smallest absolute Gasteiger partial charge is 0.127 e. The molecule has 1 fully saturated rings. The van der Waals surface area contributed by atoms with Crippen LogP contribution in [0.25, 0.3) is 0 Å². The van der Waals surface area contributed by atoms with E-state index < -0.39 is 0 Å². The van der Waals surface area contributed by atoms with E-state index in [1.54, 1.807) is 0 Å². The fourth-order valence-electron chi connectivity index (χ4n) is 2.24. The van der Waals surface area contributed by atoms with Crippen LogP contribution >= 0.6 is 0 Å². The van der Waals surface area contributed by atoms with E-state index in [-0.39, 0.29) is 5.82 Å². The number of hydrogen-bond donors (Lipinski definition) is 1. The molecule has 0 aliphatic carbocycles. The molecule has 94 valence electrons. The Morgan fingerprint density at radius 3 is 2.65 bits per heavy atom. The van der Waals surface area contributed by atoms with E-state index in [0.717, 1.165) is 18.8 Å². The third kappa shape index (κ3) is 3.33. The highest BCUT2D eigenvalue weighted by Crippen LogP contribution is 2.19. The normalized spacial score (nSPS) is 16.4. The zero-order valence-corrected chi connectivity index (χ0v) is 10.3. The van der Waals surface area contributed by atoms with E-state index in [4.69, 9.17) is 5.73 Å². The molecule has 0 spiro atoms. The first-order chi connectivity index (χ1) is 8.15. The van der Waals surface area contributed by atoms with Crippen LogP contribution in [0.5, 0.6) is 0 Å². The van der Waals surface area contributed by atoms with Gasteiger partial charge in [-0.05, 0) is 44.1 Å². The van der Waals surface area contributed by atoms with E-state index in [1.807, 2.05) is 13.1 Å². The molecule has 1 aliphatic rings. The highest BCUT2D eigenvalue weighted by molar-refractivity contribution is 5.55. The Bertz CT molecular complexity index is 355. The molecule has 1 aliphatic heterocycles. The quantitative estimate of drug-likeness (QED) is 0.812. The number of nitrogens with two attached hydrogens (primary N) is 1. The number of rotatable bonds is 4. The highest BCUT2D eigenvalue weighted by atomic mass is 19.1. The van der Waals surface area contributed by atoms with Crippen molar-refractivity contribution < 1.29 is 4.39 Å². The van der Waals surface area contributed by atoms with Crippen molar-refractivity contribution in [3.63, 3.8) is 0 Å². The number of nitrogens with zero attached hydrogens (tertiary/aromatic N) is 2. The summed E-state index contributed by atoms with van der Waals surface area (Å²) < 4.78 is 13.2. The summed E-state index contributed by atoms with van der Waals surface area (Å²) in [5, 5.41) is 0. The van der Waals surface area contributed by atoms with Crippen LogP contribution in [0.2, 0.25) is 0 Å². The zero-order chi connectivity index (χ0) is 12.3. The minimum atomic E-state index is -0.270. The number of hydrogen-bond acceptors (Lipinski definition) is 3. The lowest BCUT2D eigenvalue weighted by Gasteiger charge is -2.23. The summed E-state index contributed by atoms with van der Waals surface area (Å²) in [5.41, 5.74) is 6.97. The van der Waals surface area contributed by atoms with Crippen molar-refractivity contribution in [2.45, 2.75) is 12.8 Å². The Hall–Kier alpha value is -1.29. The van der Waals surface area contributed by atoms with Gasteiger partial charge in [0.1, 0.15) is 5.82 Å². The number of likely N-dealkylation sites (N-methyl/N-ethyl adjacent to an activating group) is 1. The predicted octanol–water partition coefficient (Wildman–Crippen LogP) is 1.94. The van der Waals surface area contributed by atoms with Gasteiger partial charge in [0, 0.05) is 31.5 Å². The average molecular weight is 237 g/mol. The largest absolute Gasteiger partial charge is 0.399 e. The van der Waals surface area contributed by atoms with Crippen LogP contribution in [0.4, 0.5) is 15.8 Å². The molecule has 0 amide bonds. The van der Waals surface area contributed by atoms with Gasteiger partial charge in [-0.3, -0.25) is 0 Å². The maximum absolute atomic E-state index is 13.2. The Labute approximate surface area is 102 Å². The SMILES string of the molecule is CN(CCN1CCCC1)c1cc(N)cc(F)c1. The molecule has 0 saturated carbocycles. The molecular formula is C13H20FN3. The molecule has 0 aromatic heterocycles. The molecule has 0 radical (unpaired) electrons. The molecule has 0 unspecified atom stereocenters. The lowest BCUT2D eigenvalue weighted by molar-refractivity contribution is 0.346. The standard InChI is InChI=1S/C13H20FN3/c1-16(6-7-17-4-2-3-5-17)13-9-11(14)8-12(15)10-13/h8-10H,2-7,15H2,1H3. The second-order valence-corrected chi connectivity index (χ2v) is 4.71. The van der Waals surface area contributed by atoms with Gasteiger partial charge in [-0.15, -0.1) is 0 Å². The summed E-state index contributed by atoms with van der Waals surface area (Å²) in [4.78, 5) is 4.50. The molecule has 3 nitrogen and oxygen atoms in total. The third-order valence-corrected chi connectivity index (χ3v) is 3.30. The molecule has 0 bridgehead atoms. The molecule has 0 atom stereocenters. The van der Waals surface area contributed by atoms with Gasteiger partial charge in [0.15, 0.2) is 0 Å². The first kappa shape index (κ1) is 12.2. The van der Waals surface area contributed by atoms with Crippen molar-refractivity contribution in [1.29, 1.82) is 0 Å². The maximum atomic E-state index is 13.2. The van der Waals surface area contributed by atoms with Crippen LogP contribution in [0.1, 0.15) is 12.8 Å². The van der Waals surface area contributed by atoms with Crippen molar-refractivity contribution in [2.24, 2.45) is 0 Å². The van der Waals surface area contributed by atoms with Crippen LogP contribution in [0, 0.1) is 5.82 Å². The van der Waals surface area contributed by atoms with Crippen LogP contribution in [0.15, 0.2) is 18.2 Å². The lowest BCUT2D eigenvalue weighted by atomic mass is 10.2. The first-order valence-electron chi connectivity index (χ1n) is 6.15. The van der Waals surface area contributed by atoms with Gasteiger partial charge in [-0.1, -0.05) is 0 Å². The number of likely N-dealkylation sites (tertiary alicyclic amines) is 1. The summed E-state index contributed by atoms with van der Waals surface area (Å²) >= 11 is 0. The second-order valence-electron chi connectivity index (χ2n) is 4.71. The molecule has 4 heteroatoms. The van der Waals surface area contributed by atoms with Crippen molar-refractivity contribution in [3.05, 3.63) is 24.0 Å². The fourth-order valence-corrected chi connectivity index (χ4v) is 2.24. The van der Waals surface area contributed by atoms with Crippen molar-refractivity contribution >= 4 is 11.4 Å². The van der Waals surface area contributed by atoms with Crippen LogP contribution in [-0.2, 0) is 0 Å². The summed E-state index contributed by atoms with van der Waals surface area (Å²) in [6, 6.07) is 4.69. The van der Waals surface area contributed by atoms with E-state index >= 15 is 0 Å². The Morgan fingerprint density at radius 1 is 1.29 bits per heavy atom. The molecule has 1 aromatic rings. The zero-order valence-electron chi connectivity index (χ0n) is 10.3. The Morgan fingerprint density at radius 2 is 2.00 bits per heavy atom. The van der Waals surface area contributed by atoms with Crippen molar-refractivity contribution in [2.75, 3.05) is 43.9 Å². The van der Waals surface area contributed by atoms with Gasteiger partial charge in [-0.25, -0.2) is 4.39 Å². The molecular weight excluding hydrogens is 217 g/mol. The molecule has 2 N–H and O–H groups in total. The van der Waals surface area contributed by atoms with E-state index in [1.165, 1.54) is 38.1 Å². The Balaban J connectivity index is 1.91. The lowest BCUT2D eigenvalue weighted by Crippen LogP contribution is -2.31. The van der Waals surface area contributed by atoms with E-state index in [0.29, 0.717) is 5.69 Å². The van der Waals surface area contributed by atoms with E-state index in [2.05, 4.69) is 9.80 Å². The van der Waals surface area contributed by atoms with Gasteiger partial charge in [0.2, 0.25) is 0 Å². The van der Waals surface area contributed by atoms with Crippen molar-refractivity contribution in [1.82, 2.24) is 4.90 Å². The molecule has 17 heavy (non-hydrogen) atoms. The highest BCUT2D eigenvalue weighted by Gasteiger charge is 2.12. The summed E-state index contributed by atoms with van der Waals surface area (Å²) in [6.07, 6.45) is 2.60. The minimum Gasteiger partial charge on any atom is -0.399 e. The topological polar surface area (TPSA) is 32.5 Å². The molecule has 1 aromatic carbocycles. The number of anilines is 2. The third-order valence-electron chi connectivity index (χ3n) is 3.30. The fraction of sp³-hybridized carbons (Fsp3) is 0.538. The summed E-state index contributed by atoms with van der Waals surface area (Å²) in [5.74, 6) is -0.270. The number of halogens is 1. The van der Waals surface area contributed by atoms with E-state index in [9.17, 15) is 4.39 Å². The average Bonchev–Trinajstić information content (AvgIpc) is 2.77. The monoisotopic (exact) mass is 237 g/mol. The maximum Gasteiger partial charge on any atom is 0.127 e. The van der Waals surface area contributed by atoms with Crippen molar-refractivity contribution in [3.8, 4) is 0 Å². The number of benzene rings is 1. The van der Waals surface area contributed by atoms with Gasteiger partial charge in [-0.2, -0.15) is 0 Å². The summed E-state index contributed by atoms with van der Waals surface area (Å²) in [7, 11) is 1.98. The van der Waals surface area contributed by atoms with Gasteiger partial charge in [0.05, 0.1) is 0 Å². The second kappa shape index (κ2) is 5.36. The van der Waals surface area contributed by atoms with Gasteiger partial charge in [0.25, 0.3) is 0 Å². The minimum absolute atomic E-state index is 0.270. The Kier molecular flexibility index (Phi) is 3.84. The first-order valence-corrected chi connectivity index (χ1v) is 6.15. The summed E-state index contributed by atoms with van der Waals surface area (Å²) in [6.45, 7) is 4.33.